The summed E-state index contributed by atoms with van der Waals surface area (Å²) in [5.74, 6) is 0.350. The minimum Gasteiger partial charge on any atom is -0.339 e. The molecule has 2 aliphatic heterocycles. The molecule has 2 fully saturated rings. The van der Waals surface area contributed by atoms with Crippen LogP contribution in [0.25, 0.3) is 0 Å². The van der Waals surface area contributed by atoms with E-state index in [0.29, 0.717) is 18.4 Å². The lowest BCUT2D eigenvalue weighted by atomic mass is 10.1. The van der Waals surface area contributed by atoms with Gasteiger partial charge in [-0.15, -0.1) is 0 Å². The highest BCUT2D eigenvalue weighted by molar-refractivity contribution is 7.91. The number of carbonyl (C=O) groups excluding carboxylic acids is 1. The van der Waals surface area contributed by atoms with Crippen molar-refractivity contribution in [2.45, 2.75) is 44.7 Å². The fourth-order valence-corrected chi connectivity index (χ4v) is 5.23. The van der Waals surface area contributed by atoms with Crippen LogP contribution in [-0.4, -0.2) is 61.8 Å². The Morgan fingerprint density at radius 1 is 1.08 bits per heavy atom. The van der Waals surface area contributed by atoms with Gasteiger partial charge in [0.15, 0.2) is 0 Å². The number of hydrogen-bond donors (Lipinski definition) is 0. The van der Waals surface area contributed by atoms with E-state index in [9.17, 15) is 13.2 Å². The molecule has 0 aromatic heterocycles. The summed E-state index contributed by atoms with van der Waals surface area (Å²) < 4.78 is 23.1. The summed E-state index contributed by atoms with van der Waals surface area (Å²) in [4.78, 5) is 16.9. The molecule has 0 unspecified atom stereocenters. The topological polar surface area (TPSA) is 57.7 Å². The van der Waals surface area contributed by atoms with Crippen LogP contribution in [0, 0.1) is 0 Å². The highest BCUT2D eigenvalue weighted by Crippen LogP contribution is 2.20. The molecule has 25 heavy (non-hydrogen) atoms. The van der Waals surface area contributed by atoms with Gasteiger partial charge in [0, 0.05) is 25.2 Å². The van der Waals surface area contributed by atoms with Gasteiger partial charge in [-0.2, -0.15) is 0 Å². The average molecular weight is 365 g/mol. The molecule has 6 heteroatoms. The third-order valence-electron chi connectivity index (χ3n) is 5.45. The maximum atomic E-state index is 12.7. The third kappa shape index (κ3) is 4.82. The molecule has 1 amide bonds. The molecule has 3 rings (SSSR count). The molecular weight excluding hydrogens is 336 g/mol. The van der Waals surface area contributed by atoms with Crippen LogP contribution in [0.15, 0.2) is 24.3 Å². The number of rotatable bonds is 4. The van der Waals surface area contributed by atoms with E-state index in [0.717, 1.165) is 19.6 Å². The fraction of sp³-hybridized carbons (Fsp3) is 0.632. The first-order valence-electron chi connectivity index (χ1n) is 9.23. The maximum absolute atomic E-state index is 12.7. The van der Waals surface area contributed by atoms with E-state index in [2.05, 4.69) is 4.90 Å². The van der Waals surface area contributed by atoms with Gasteiger partial charge in [-0.1, -0.05) is 18.6 Å². The monoisotopic (exact) mass is 364 g/mol. The van der Waals surface area contributed by atoms with Crippen LogP contribution in [-0.2, 0) is 16.4 Å². The number of likely N-dealkylation sites (tertiary alicyclic amines) is 1. The second-order valence-electron chi connectivity index (χ2n) is 7.33. The standard InChI is InChI=1S/C19H28N2O3S/c1-20(18-9-13-25(23,24)14-10-18)19(22)17-7-5-16(6-8-17)15-21-11-3-2-4-12-21/h5-8,18H,2-4,9-15H2,1H3. The van der Waals surface area contributed by atoms with Crippen molar-refractivity contribution < 1.29 is 13.2 Å². The van der Waals surface area contributed by atoms with E-state index in [4.69, 9.17) is 0 Å². The largest absolute Gasteiger partial charge is 0.339 e. The van der Waals surface area contributed by atoms with Crippen LogP contribution >= 0.6 is 0 Å². The number of hydrogen-bond acceptors (Lipinski definition) is 4. The molecule has 2 aliphatic rings. The predicted octanol–water partition coefficient (Wildman–Crippen LogP) is 2.32. The molecule has 1 aromatic carbocycles. The zero-order valence-electron chi connectivity index (χ0n) is 15.0. The van der Waals surface area contributed by atoms with Gasteiger partial charge < -0.3 is 4.90 Å². The smallest absolute Gasteiger partial charge is 0.253 e. The Morgan fingerprint density at radius 2 is 1.68 bits per heavy atom. The molecule has 0 bridgehead atoms. The van der Waals surface area contributed by atoms with Crippen molar-refractivity contribution in [3.05, 3.63) is 35.4 Å². The summed E-state index contributed by atoms with van der Waals surface area (Å²) in [5, 5.41) is 0. The Kier molecular flexibility index (Phi) is 5.79. The Hall–Kier alpha value is -1.40. The highest BCUT2D eigenvalue weighted by atomic mass is 32.2. The first-order valence-corrected chi connectivity index (χ1v) is 11.1. The first kappa shape index (κ1) is 18.4. The van der Waals surface area contributed by atoms with Crippen molar-refractivity contribution >= 4 is 15.7 Å². The summed E-state index contributed by atoms with van der Waals surface area (Å²) in [7, 11) is -1.12. The van der Waals surface area contributed by atoms with Crippen molar-refractivity contribution in [3.63, 3.8) is 0 Å². The lowest BCUT2D eigenvalue weighted by molar-refractivity contribution is 0.0722. The molecule has 0 atom stereocenters. The Balaban J connectivity index is 1.58. The average Bonchev–Trinajstić information content (AvgIpc) is 2.62. The molecule has 0 radical (unpaired) electrons. The summed E-state index contributed by atoms with van der Waals surface area (Å²) in [6, 6.07) is 7.90. The summed E-state index contributed by atoms with van der Waals surface area (Å²) in [6.07, 6.45) is 4.96. The van der Waals surface area contributed by atoms with Crippen LogP contribution in [0.1, 0.15) is 48.0 Å². The molecule has 5 nitrogen and oxygen atoms in total. The van der Waals surface area contributed by atoms with E-state index in [1.54, 1.807) is 11.9 Å². The third-order valence-corrected chi connectivity index (χ3v) is 7.16. The summed E-state index contributed by atoms with van der Waals surface area (Å²) in [5.41, 5.74) is 1.92. The molecule has 0 saturated carbocycles. The van der Waals surface area contributed by atoms with Gasteiger partial charge in [-0.3, -0.25) is 9.69 Å². The van der Waals surface area contributed by atoms with E-state index >= 15 is 0 Å². The van der Waals surface area contributed by atoms with E-state index in [-0.39, 0.29) is 23.5 Å². The summed E-state index contributed by atoms with van der Waals surface area (Å²) >= 11 is 0. The number of benzene rings is 1. The molecule has 2 heterocycles. The number of sulfone groups is 1. The molecule has 0 N–H and O–H groups in total. The minimum absolute atomic E-state index is 0.0176. The van der Waals surface area contributed by atoms with Crippen molar-refractivity contribution in [3.8, 4) is 0 Å². The zero-order valence-corrected chi connectivity index (χ0v) is 15.8. The van der Waals surface area contributed by atoms with E-state index in [1.807, 2.05) is 24.3 Å². The van der Waals surface area contributed by atoms with Gasteiger partial charge in [0.25, 0.3) is 5.91 Å². The van der Waals surface area contributed by atoms with Crippen LogP contribution in [0.2, 0.25) is 0 Å². The van der Waals surface area contributed by atoms with Crippen LogP contribution in [0.3, 0.4) is 0 Å². The second-order valence-corrected chi connectivity index (χ2v) is 9.64. The van der Waals surface area contributed by atoms with Crippen LogP contribution < -0.4 is 0 Å². The maximum Gasteiger partial charge on any atom is 0.253 e. The Morgan fingerprint density at radius 3 is 2.28 bits per heavy atom. The molecule has 0 spiro atoms. The van der Waals surface area contributed by atoms with E-state index < -0.39 is 9.84 Å². The fourth-order valence-electron chi connectivity index (χ4n) is 3.76. The zero-order chi connectivity index (χ0) is 17.9. The first-order chi connectivity index (χ1) is 11.9. The number of nitrogens with zero attached hydrogens (tertiary/aromatic N) is 2. The second kappa shape index (κ2) is 7.87. The van der Waals surface area contributed by atoms with Gasteiger partial charge in [0.1, 0.15) is 9.84 Å². The van der Waals surface area contributed by atoms with Gasteiger partial charge in [0.2, 0.25) is 0 Å². The van der Waals surface area contributed by atoms with Gasteiger partial charge >= 0.3 is 0 Å². The minimum atomic E-state index is -2.90. The normalized spacial score (nSPS) is 21.8. The van der Waals surface area contributed by atoms with Crippen LogP contribution in [0.5, 0.6) is 0 Å². The van der Waals surface area contributed by atoms with Gasteiger partial charge in [-0.25, -0.2) is 8.42 Å². The Labute approximate surface area is 150 Å². The highest BCUT2D eigenvalue weighted by Gasteiger charge is 2.28. The lowest BCUT2D eigenvalue weighted by Gasteiger charge is -2.31. The lowest BCUT2D eigenvalue weighted by Crippen LogP contribution is -2.42. The molecule has 0 aliphatic carbocycles. The van der Waals surface area contributed by atoms with Crippen molar-refractivity contribution in [1.29, 1.82) is 0 Å². The Bertz CT molecular complexity index is 680. The van der Waals surface area contributed by atoms with Crippen LogP contribution in [0.4, 0.5) is 0 Å². The number of piperidine rings is 1. The number of amides is 1. The van der Waals surface area contributed by atoms with Gasteiger partial charge in [0.05, 0.1) is 11.5 Å². The summed E-state index contributed by atoms with van der Waals surface area (Å²) in [6.45, 7) is 3.27. The molecular formula is C19H28N2O3S. The van der Waals surface area contributed by atoms with E-state index in [1.165, 1.54) is 24.8 Å². The van der Waals surface area contributed by atoms with Gasteiger partial charge in [-0.05, 0) is 56.5 Å². The van der Waals surface area contributed by atoms with Crippen molar-refractivity contribution in [1.82, 2.24) is 9.80 Å². The molecule has 2 saturated heterocycles. The molecule has 138 valence electrons. The SMILES string of the molecule is CN(C(=O)c1ccc(CN2CCCCC2)cc1)C1CCS(=O)(=O)CC1. The predicted molar refractivity (Wildman–Crippen MR) is 99.3 cm³/mol. The molecule has 1 aromatic rings. The number of carbonyl (C=O) groups is 1. The van der Waals surface area contributed by atoms with Crippen molar-refractivity contribution in [2.24, 2.45) is 0 Å². The quantitative estimate of drug-likeness (QED) is 0.823. The van der Waals surface area contributed by atoms with Crippen molar-refractivity contribution in [2.75, 3.05) is 31.6 Å².